The quantitative estimate of drug-likeness (QED) is 0.478. The molecule has 0 bridgehead atoms. The zero-order chi connectivity index (χ0) is 19.2. The largest absolute Gasteiger partial charge is 0.481 e. The average Bonchev–Trinajstić information content (AvgIpc) is 3.15. The second kappa shape index (κ2) is 8.41. The number of hydrogen-bond donors (Lipinski definition) is 1. The highest BCUT2D eigenvalue weighted by Gasteiger charge is 2.20. The van der Waals surface area contributed by atoms with E-state index in [-0.39, 0.29) is 11.6 Å². The summed E-state index contributed by atoms with van der Waals surface area (Å²) in [6.07, 6.45) is -0.111. The SMILES string of the molecule is CCC(Oc1ccccc1)C(=O)Nc1nc(-c2ccc([N+](=O)[O-])cc2)cs1. The lowest BCUT2D eigenvalue weighted by Gasteiger charge is -2.16. The molecule has 0 aliphatic heterocycles. The first-order valence-electron chi connectivity index (χ1n) is 8.29. The molecule has 1 atom stereocenters. The van der Waals surface area contributed by atoms with Gasteiger partial charge >= 0.3 is 0 Å². The van der Waals surface area contributed by atoms with Gasteiger partial charge in [0.1, 0.15) is 5.75 Å². The molecule has 0 radical (unpaired) electrons. The molecule has 1 unspecified atom stereocenters. The molecule has 1 aromatic heterocycles. The maximum atomic E-state index is 12.5. The number of para-hydroxylation sites is 1. The van der Waals surface area contributed by atoms with Gasteiger partial charge in [0.05, 0.1) is 10.6 Å². The van der Waals surface area contributed by atoms with Crippen molar-refractivity contribution in [2.45, 2.75) is 19.4 Å². The molecule has 8 heteroatoms. The molecule has 0 spiro atoms. The van der Waals surface area contributed by atoms with Gasteiger partial charge in [0, 0.05) is 23.1 Å². The number of amides is 1. The number of benzene rings is 2. The highest BCUT2D eigenvalue weighted by molar-refractivity contribution is 7.14. The Hall–Kier alpha value is -3.26. The highest BCUT2D eigenvalue weighted by Crippen LogP contribution is 2.26. The van der Waals surface area contributed by atoms with Crippen LogP contribution in [0.15, 0.2) is 60.0 Å². The number of hydrogen-bond acceptors (Lipinski definition) is 6. The Balaban J connectivity index is 1.67. The standard InChI is InChI=1S/C19H17N3O4S/c1-2-17(26-15-6-4-3-5-7-15)18(23)21-19-20-16(12-27-19)13-8-10-14(11-9-13)22(24)25/h3-12,17H,2H2,1H3,(H,20,21,23). The van der Waals surface area contributed by atoms with Crippen molar-refractivity contribution >= 4 is 28.1 Å². The van der Waals surface area contributed by atoms with Crippen LogP contribution in [0.3, 0.4) is 0 Å². The first kappa shape index (κ1) is 18.5. The van der Waals surface area contributed by atoms with Crippen LogP contribution in [-0.2, 0) is 4.79 Å². The molecule has 1 amide bonds. The molecule has 3 rings (SSSR count). The summed E-state index contributed by atoms with van der Waals surface area (Å²) in [5.74, 6) is 0.358. The van der Waals surface area contributed by atoms with E-state index in [2.05, 4.69) is 10.3 Å². The lowest BCUT2D eigenvalue weighted by atomic mass is 10.1. The summed E-state index contributed by atoms with van der Waals surface area (Å²) >= 11 is 1.28. The van der Waals surface area contributed by atoms with E-state index in [0.717, 1.165) is 5.56 Å². The van der Waals surface area contributed by atoms with Crippen molar-refractivity contribution in [3.8, 4) is 17.0 Å². The molecule has 1 heterocycles. The predicted octanol–water partition coefficient (Wildman–Crippen LogP) is 4.51. The van der Waals surface area contributed by atoms with Crippen LogP contribution in [0.1, 0.15) is 13.3 Å². The monoisotopic (exact) mass is 383 g/mol. The van der Waals surface area contributed by atoms with Gasteiger partial charge in [-0.2, -0.15) is 0 Å². The number of nitrogens with zero attached hydrogens (tertiary/aromatic N) is 2. The van der Waals surface area contributed by atoms with Crippen LogP contribution in [0, 0.1) is 10.1 Å². The summed E-state index contributed by atoms with van der Waals surface area (Å²) in [4.78, 5) is 27.1. The van der Waals surface area contributed by atoms with E-state index in [1.54, 1.807) is 29.6 Å². The van der Waals surface area contributed by atoms with Crippen LogP contribution in [-0.4, -0.2) is 21.9 Å². The Morgan fingerprint density at radius 1 is 1.22 bits per heavy atom. The third kappa shape index (κ3) is 4.68. The Labute approximate surface area is 159 Å². The number of carbonyl (C=O) groups excluding carboxylic acids is 1. The van der Waals surface area contributed by atoms with Gasteiger partial charge in [-0.05, 0) is 30.7 Å². The van der Waals surface area contributed by atoms with E-state index < -0.39 is 11.0 Å². The molecule has 7 nitrogen and oxygen atoms in total. The first-order valence-corrected chi connectivity index (χ1v) is 9.17. The summed E-state index contributed by atoms with van der Waals surface area (Å²) < 4.78 is 5.73. The smallest absolute Gasteiger partial charge is 0.269 e. The van der Waals surface area contributed by atoms with Gasteiger partial charge in [0.15, 0.2) is 11.2 Å². The fourth-order valence-corrected chi connectivity index (χ4v) is 3.11. The van der Waals surface area contributed by atoms with Crippen molar-refractivity contribution in [3.63, 3.8) is 0 Å². The minimum Gasteiger partial charge on any atom is -0.481 e. The average molecular weight is 383 g/mol. The third-order valence-electron chi connectivity index (χ3n) is 3.79. The molecule has 0 saturated heterocycles. The van der Waals surface area contributed by atoms with Gasteiger partial charge in [-0.1, -0.05) is 25.1 Å². The van der Waals surface area contributed by atoms with Crippen molar-refractivity contribution in [2.24, 2.45) is 0 Å². The summed E-state index contributed by atoms with van der Waals surface area (Å²) in [5, 5.41) is 15.7. The van der Waals surface area contributed by atoms with Crippen molar-refractivity contribution in [2.75, 3.05) is 5.32 Å². The maximum Gasteiger partial charge on any atom is 0.269 e. The van der Waals surface area contributed by atoms with E-state index >= 15 is 0 Å². The number of nitro benzene ring substituents is 1. The van der Waals surface area contributed by atoms with E-state index in [0.29, 0.717) is 23.0 Å². The number of nitrogens with one attached hydrogen (secondary N) is 1. The Kier molecular flexibility index (Phi) is 5.77. The van der Waals surface area contributed by atoms with Crippen molar-refractivity contribution in [1.29, 1.82) is 0 Å². The molecule has 138 valence electrons. The highest BCUT2D eigenvalue weighted by atomic mass is 32.1. The Bertz CT molecular complexity index is 926. The molecular weight excluding hydrogens is 366 g/mol. The summed E-state index contributed by atoms with van der Waals surface area (Å²) in [5.41, 5.74) is 1.40. The number of non-ortho nitro benzene ring substituents is 1. The second-order valence-electron chi connectivity index (χ2n) is 5.66. The fourth-order valence-electron chi connectivity index (χ4n) is 2.39. The second-order valence-corrected chi connectivity index (χ2v) is 6.52. The molecule has 0 fully saturated rings. The molecule has 27 heavy (non-hydrogen) atoms. The summed E-state index contributed by atoms with van der Waals surface area (Å²) in [6, 6.07) is 15.3. The van der Waals surface area contributed by atoms with E-state index in [1.165, 1.54) is 23.5 Å². The zero-order valence-electron chi connectivity index (χ0n) is 14.5. The van der Waals surface area contributed by atoms with Gasteiger partial charge < -0.3 is 4.74 Å². The van der Waals surface area contributed by atoms with E-state index in [9.17, 15) is 14.9 Å². The molecule has 0 aliphatic rings. The van der Waals surface area contributed by atoms with Crippen molar-refractivity contribution < 1.29 is 14.5 Å². The normalized spacial score (nSPS) is 11.6. The number of aromatic nitrogens is 1. The number of anilines is 1. The fraction of sp³-hybridized carbons (Fsp3) is 0.158. The van der Waals surface area contributed by atoms with E-state index in [4.69, 9.17) is 4.74 Å². The van der Waals surface area contributed by atoms with Crippen LogP contribution in [0.5, 0.6) is 5.75 Å². The van der Waals surface area contributed by atoms with Gasteiger partial charge in [0.2, 0.25) is 0 Å². The molecule has 0 saturated carbocycles. The van der Waals surface area contributed by atoms with Crippen LogP contribution in [0.4, 0.5) is 10.8 Å². The molecule has 1 N–H and O–H groups in total. The predicted molar refractivity (Wildman–Crippen MR) is 104 cm³/mol. The van der Waals surface area contributed by atoms with Crippen molar-refractivity contribution in [1.82, 2.24) is 4.98 Å². The van der Waals surface area contributed by atoms with E-state index in [1.807, 2.05) is 25.1 Å². The van der Waals surface area contributed by atoms with Crippen LogP contribution < -0.4 is 10.1 Å². The lowest BCUT2D eigenvalue weighted by Crippen LogP contribution is -2.32. The number of rotatable bonds is 7. The Morgan fingerprint density at radius 3 is 2.56 bits per heavy atom. The van der Waals surface area contributed by atoms with Crippen LogP contribution >= 0.6 is 11.3 Å². The number of thiazole rings is 1. The minimum atomic E-state index is -0.626. The number of nitro groups is 1. The van der Waals surface area contributed by atoms with Crippen LogP contribution in [0.25, 0.3) is 11.3 Å². The molecule has 3 aromatic rings. The number of ether oxygens (including phenoxy) is 1. The Morgan fingerprint density at radius 2 is 1.93 bits per heavy atom. The topological polar surface area (TPSA) is 94.4 Å². The van der Waals surface area contributed by atoms with Crippen molar-refractivity contribution in [3.05, 3.63) is 70.1 Å². The maximum absolute atomic E-state index is 12.5. The van der Waals surface area contributed by atoms with Gasteiger partial charge in [0.25, 0.3) is 11.6 Å². The molecular formula is C19H17N3O4S. The van der Waals surface area contributed by atoms with Crippen LogP contribution in [0.2, 0.25) is 0 Å². The third-order valence-corrected chi connectivity index (χ3v) is 4.55. The summed E-state index contributed by atoms with van der Waals surface area (Å²) in [6.45, 7) is 1.87. The molecule has 0 aliphatic carbocycles. The number of carbonyl (C=O) groups is 1. The lowest BCUT2D eigenvalue weighted by molar-refractivity contribution is -0.384. The first-order chi connectivity index (χ1) is 13.1. The summed E-state index contributed by atoms with van der Waals surface area (Å²) in [7, 11) is 0. The van der Waals surface area contributed by atoms with Gasteiger partial charge in [-0.25, -0.2) is 4.98 Å². The molecule has 2 aromatic carbocycles. The van der Waals surface area contributed by atoms with Gasteiger partial charge in [-0.3, -0.25) is 20.2 Å². The zero-order valence-corrected chi connectivity index (χ0v) is 15.3. The minimum absolute atomic E-state index is 0.0198. The van der Waals surface area contributed by atoms with Gasteiger partial charge in [-0.15, -0.1) is 11.3 Å².